The van der Waals surface area contributed by atoms with Crippen LogP contribution in [-0.2, 0) is 9.53 Å². The van der Waals surface area contributed by atoms with Crippen LogP contribution in [0.3, 0.4) is 0 Å². The number of fused-ring (bicyclic) bond motifs is 1. The number of benzene rings is 2. The second-order valence-electron chi connectivity index (χ2n) is 8.18. The second kappa shape index (κ2) is 9.54. The topological polar surface area (TPSA) is 219 Å². The van der Waals surface area contributed by atoms with E-state index in [4.69, 9.17) is 13.9 Å². The standard InChI is InChI=1S/C23H23NO12/c1-8(26)24-17-18(31)15(7-25)35-23(20(17)33)36-22-19(32)16-13(30)5-10(27)6-14(16)34-21(22)9-2-3-11(28)12(29)4-9/h2-6,15,17-18,20,23,25,27-31,33H,7H2,1H3,(H,24,26)/t15-,17+,18-,20-,23?/m1/s1. The summed E-state index contributed by atoms with van der Waals surface area (Å²) in [6, 6.07) is 4.03. The van der Waals surface area contributed by atoms with Gasteiger partial charge in [-0.05, 0) is 18.2 Å². The van der Waals surface area contributed by atoms with Crippen molar-refractivity contribution in [3.63, 3.8) is 0 Å². The highest BCUT2D eigenvalue weighted by molar-refractivity contribution is 5.88. The van der Waals surface area contributed by atoms with Gasteiger partial charge in [-0.3, -0.25) is 9.59 Å². The first-order valence-corrected chi connectivity index (χ1v) is 10.6. The number of rotatable bonds is 5. The Bertz CT molecular complexity index is 1370. The summed E-state index contributed by atoms with van der Waals surface area (Å²) in [5.41, 5.74) is -1.20. The van der Waals surface area contributed by atoms with E-state index in [0.29, 0.717) is 0 Å². The third kappa shape index (κ3) is 4.47. The van der Waals surface area contributed by atoms with Crippen LogP contribution in [0.25, 0.3) is 22.3 Å². The number of aliphatic hydroxyl groups is 3. The van der Waals surface area contributed by atoms with Gasteiger partial charge in [-0.1, -0.05) is 0 Å². The average Bonchev–Trinajstić information content (AvgIpc) is 2.81. The Morgan fingerprint density at radius 3 is 2.39 bits per heavy atom. The highest BCUT2D eigenvalue weighted by atomic mass is 16.7. The Hall–Kier alpha value is -4.04. The van der Waals surface area contributed by atoms with Crippen molar-refractivity contribution in [2.75, 3.05) is 6.61 Å². The van der Waals surface area contributed by atoms with Crippen molar-refractivity contribution in [2.24, 2.45) is 0 Å². The van der Waals surface area contributed by atoms with E-state index in [1.165, 1.54) is 6.07 Å². The van der Waals surface area contributed by atoms with Gasteiger partial charge in [0.25, 0.3) is 0 Å². The fraction of sp³-hybridized carbons (Fsp3) is 0.304. The van der Waals surface area contributed by atoms with Crippen LogP contribution in [0.4, 0.5) is 0 Å². The van der Waals surface area contributed by atoms with Crippen molar-refractivity contribution in [2.45, 2.75) is 37.6 Å². The van der Waals surface area contributed by atoms with Crippen LogP contribution in [-0.4, -0.2) is 78.9 Å². The first kappa shape index (κ1) is 25.1. The molecule has 5 atom stereocenters. The number of aromatic hydroxyl groups is 4. The van der Waals surface area contributed by atoms with Crippen molar-refractivity contribution in [3.8, 4) is 40.1 Å². The van der Waals surface area contributed by atoms with Gasteiger partial charge in [0.2, 0.25) is 23.4 Å². The summed E-state index contributed by atoms with van der Waals surface area (Å²) in [6.45, 7) is 0.416. The van der Waals surface area contributed by atoms with E-state index in [1.54, 1.807) is 0 Å². The zero-order valence-electron chi connectivity index (χ0n) is 18.7. The molecule has 36 heavy (non-hydrogen) atoms. The van der Waals surface area contributed by atoms with Crippen LogP contribution in [0, 0.1) is 0 Å². The molecule has 13 nitrogen and oxygen atoms in total. The number of phenolic OH excluding ortho intramolecular Hbond substituents is 4. The predicted octanol–water partition coefficient (Wildman–Crippen LogP) is -0.395. The Morgan fingerprint density at radius 2 is 1.75 bits per heavy atom. The van der Waals surface area contributed by atoms with E-state index < -0.39 is 82.7 Å². The normalized spacial score (nSPS) is 23.9. The van der Waals surface area contributed by atoms with Gasteiger partial charge < -0.3 is 55.0 Å². The number of amides is 1. The molecule has 2 heterocycles. The lowest BCUT2D eigenvalue weighted by molar-refractivity contribution is -0.251. The van der Waals surface area contributed by atoms with Crippen LogP contribution < -0.4 is 15.5 Å². The summed E-state index contributed by atoms with van der Waals surface area (Å²) in [7, 11) is 0. The molecule has 1 unspecified atom stereocenters. The lowest BCUT2D eigenvalue weighted by atomic mass is 9.96. The number of phenols is 4. The Labute approximate surface area is 202 Å². The third-order valence-electron chi connectivity index (χ3n) is 5.64. The molecule has 8 N–H and O–H groups in total. The monoisotopic (exact) mass is 505 g/mol. The average molecular weight is 505 g/mol. The molecule has 13 heteroatoms. The molecule has 1 saturated heterocycles. The number of hydrogen-bond acceptors (Lipinski definition) is 12. The van der Waals surface area contributed by atoms with Crippen LogP contribution in [0.1, 0.15) is 6.92 Å². The van der Waals surface area contributed by atoms with E-state index in [0.717, 1.165) is 31.2 Å². The number of nitrogens with one attached hydrogen (secondary N) is 1. The molecule has 0 saturated carbocycles. The van der Waals surface area contributed by atoms with Gasteiger partial charge in [0.1, 0.15) is 40.8 Å². The first-order chi connectivity index (χ1) is 17.0. The van der Waals surface area contributed by atoms with Gasteiger partial charge >= 0.3 is 0 Å². The van der Waals surface area contributed by atoms with Crippen molar-refractivity contribution < 1.29 is 54.4 Å². The number of ether oxygens (including phenoxy) is 2. The highest BCUT2D eigenvalue weighted by Gasteiger charge is 2.46. The predicted molar refractivity (Wildman–Crippen MR) is 121 cm³/mol. The molecule has 0 spiro atoms. The van der Waals surface area contributed by atoms with Gasteiger partial charge in [0, 0.05) is 24.6 Å². The summed E-state index contributed by atoms with van der Waals surface area (Å²) in [5.74, 6) is -3.66. The Morgan fingerprint density at radius 1 is 1.03 bits per heavy atom. The van der Waals surface area contributed by atoms with Crippen molar-refractivity contribution in [1.29, 1.82) is 0 Å². The third-order valence-corrected chi connectivity index (χ3v) is 5.64. The van der Waals surface area contributed by atoms with Gasteiger partial charge in [-0.25, -0.2) is 0 Å². The first-order valence-electron chi connectivity index (χ1n) is 10.6. The minimum atomic E-state index is -1.74. The molecular formula is C23H23NO12. The molecular weight excluding hydrogens is 482 g/mol. The van der Waals surface area contributed by atoms with Crippen LogP contribution in [0.2, 0.25) is 0 Å². The highest BCUT2D eigenvalue weighted by Crippen LogP contribution is 2.39. The van der Waals surface area contributed by atoms with E-state index in [-0.39, 0.29) is 16.9 Å². The maximum atomic E-state index is 13.4. The number of carbonyl (C=O) groups excluding carboxylic acids is 1. The number of carbonyl (C=O) groups is 1. The zero-order valence-corrected chi connectivity index (χ0v) is 18.7. The maximum Gasteiger partial charge on any atom is 0.239 e. The molecule has 1 fully saturated rings. The number of aliphatic hydroxyl groups excluding tert-OH is 3. The molecule has 3 aromatic rings. The lowest BCUT2D eigenvalue weighted by Gasteiger charge is -2.42. The van der Waals surface area contributed by atoms with Gasteiger partial charge in [0.05, 0.1) is 12.6 Å². The summed E-state index contributed by atoms with van der Waals surface area (Å²) < 4.78 is 16.8. The molecule has 192 valence electrons. The van der Waals surface area contributed by atoms with Gasteiger partial charge in [-0.15, -0.1) is 0 Å². The fourth-order valence-electron chi connectivity index (χ4n) is 3.94. The molecule has 1 aliphatic heterocycles. The van der Waals surface area contributed by atoms with Crippen LogP contribution in [0.5, 0.6) is 28.7 Å². The molecule has 1 aromatic heterocycles. The molecule has 0 bridgehead atoms. The van der Waals surface area contributed by atoms with Gasteiger partial charge in [-0.2, -0.15) is 0 Å². The summed E-state index contributed by atoms with van der Waals surface area (Å²) in [4.78, 5) is 25.0. The molecule has 1 amide bonds. The van der Waals surface area contributed by atoms with E-state index in [2.05, 4.69) is 5.32 Å². The van der Waals surface area contributed by atoms with Crippen molar-refractivity contribution in [3.05, 3.63) is 40.6 Å². The lowest BCUT2D eigenvalue weighted by Crippen LogP contribution is -2.65. The molecule has 0 aliphatic carbocycles. The maximum absolute atomic E-state index is 13.4. The summed E-state index contributed by atoms with van der Waals surface area (Å²) in [5, 5.41) is 72.4. The van der Waals surface area contributed by atoms with Crippen molar-refractivity contribution in [1.82, 2.24) is 5.32 Å². The SMILES string of the molecule is CC(=O)N[C@H]1[C@H](O)[C@@H](CO)OC(Oc2c(-c3ccc(O)c(O)c3)oc3cc(O)cc(O)c3c2=O)[C@@H]1O. The molecule has 1 aliphatic rings. The minimum absolute atomic E-state index is 0.0181. The van der Waals surface area contributed by atoms with Gasteiger partial charge in [0.15, 0.2) is 17.3 Å². The molecule has 2 aromatic carbocycles. The number of hydrogen-bond donors (Lipinski definition) is 8. The molecule has 0 radical (unpaired) electrons. The minimum Gasteiger partial charge on any atom is -0.508 e. The summed E-state index contributed by atoms with van der Waals surface area (Å²) >= 11 is 0. The quantitative estimate of drug-likeness (QED) is 0.208. The van der Waals surface area contributed by atoms with Crippen molar-refractivity contribution >= 4 is 16.9 Å². The van der Waals surface area contributed by atoms with Crippen LogP contribution in [0.15, 0.2) is 39.5 Å². The fourth-order valence-corrected chi connectivity index (χ4v) is 3.94. The largest absolute Gasteiger partial charge is 0.508 e. The Balaban J connectivity index is 1.88. The smallest absolute Gasteiger partial charge is 0.239 e. The van der Waals surface area contributed by atoms with Crippen LogP contribution >= 0.6 is 0 Å². The van der Waals surface area contributed by atoms with E-state index >= 15 is 0 Å². The second-order valence-corrected chi connectivity index (χ2v) is 8.18. The zero-order chi connectivity index (χ0) is 26.3. The van der Waals surface area contributed by atoms with E-state index in [9.17, 15) is 45.3 Å². The van der Waals surface area contributed by atoms with E-state index in [1.807, 2.05) is 0 Å². The molecule has 4 rings (SSSR count). The summed E-state index contributed by atoms with van der Waals surface area (Å²) in [6.07, 6.45) is -6.32. The Kier molecular flexibility index (Phi) is 6.65.